The molecule has 0 bridgehead atoms. The minimum Gasteiger partial charge on any atom is -0.303 e. The second-order valence-corrected chi connectivity index (χ2v) is 4.10. The van der Waals surface area contributed by atoms with Crippen molar-refractivity contribution in [2.24, 2.45) is 0 Å². The molecule has 0 aromatic heterocycles. The molecule has 0 saturated heterocycles. The predicted molar refractivity (Wildman–Crippen MR) is 42.5 cm³/mol. The summed E-state index contributed by atoms with van der Waals surface area (Å²) in [4.78, 5) is 16.8. The Morgan fingerprint density at radius 1 is 1.64 bits per heavy atom. The molecule has 11 heavy (non-hydrogen) atoms. The topological polar surface area (TPSA) is 66.8 Å². The van der Waals surface area contributed by atoms with Crippen molar-refractivity contribution in [3.05, 3.63) is 0 Å². The molecule has 0 spiro atoms. The summed E-state index contributed by atoms with van der Waals surface area (Å²) >= 11 is 5.58. The summed E-state index contributed by atoms with van der Waals surface area (Å²) in [5, 5.41) is -0.396. The summed E-state index contributed by atoms with van der Waals surface area (Å²) in [5.74, 6) is 0. The van der Waals surface area contributed by atoms with Gasteiger partial charge in [-0.05, 0) is 13.3 Å². The van der Waals surface area contributed by atoms with Crippen molar-refractivity contribution < 1.29 is 18.9 Å². The molecule has 0 saturated carbocycles. The van der Waals surface area contributed by atoms with Gasteiger partial charge >= 0.3 is 7.82 Å². The molecular formula is C5H12ClO4P. The Labute approximate surface area is 70.8 Å². The normalized spacial score (nSPS) is 17.9. The van der Waals surface area contributed by atoms with Crippen LogP contribution in [-0.4, -0.2) is 21.3 Å². The highest BCUT2D eigenvalue weighted by atomic mass is 35.5. The fourth-order valence-electron chi connectivity index (χ4n) is 0.660. The number of phosphoric acid groups is 1. The number of rotatable bonds is 4. The van der Waals surface area contributed by atoms with Crippen LogP contribution in [0.5, 0.6) is 0 Å². The molecule has 2 N–H and O–H groups in total. The van der Waals surface area contributed by atoms with Gasteiger partial charge in [-0.3, -0.25) is 4.52 Å². The highest BCUT2D eigenvalue weighted by Gasteiger charge is 2.23. The van der Waals surface area contributed by atoms with Crippen molar-refractivity contribution in [1.82, 2.24) is 0 Å². The summed E-state index contributed by atoms with van der Waals surface area (Å²) in [6, 6.07) is 0. The minimum absolute atomic E-state index is 0.396. The molecule has 4 nitrogen and oxygen atoms in total. The molecule has 0 rings (SSSR count). The third kappa shape index (κ3) is 5.65. The number of hydrogen-bond acceptors (Lipinski definition) is 2. The molecule has 0 amide bonds. The van der Waals surface area contributed by atoms with Gasteiger partial charge in [0.15, 0.2) is 0 Å². The van der Waals surface area contributed by atoms with E-state index in [9.17, 15) is 4.57 Å². The molecule has 2 unspecified atom stereocenters. The van der Waals surface area contributed by atoms with Gasteiger partial charge in [0.05, 0.1) is 11.5 Å². The first kappa shape index (κ1) is 11.4. The number of phosphoric ester groups is 1. The lowest BCUT2D eigenvalue weighted by Crippen LogP contribution is -2.19. The molecule has 0 aromatic rings. The van der Waals surface area contributed by atoms with E-state index < -0.39 is 19.3 Å². The Bertz CT molecular complexity index is 155. The third-order valence-electron chi connectivity index (χ3n) is 1.19. The highest BCUT2D eigenvalue weighted by molar-refractivity contribution is 7.46. The lowest BCUT2D eigenvalue weighted by atomic mass is 10.2. The monoisotopic (exact) mass is 202 g/mol. The van der Waals surface area contributed by atoms with Crippen LogP contribution in [-0.2, 0) is 9.09 Å². The van der Waals surface area contributed by atoms with Crippen molar-refractivity contribution in [3.8, 4) is 0 Å². The molecule has 0 radical (unpaired) electrons. The van der Waals surface area contributed by atoms with Gasteiger partial charge in [0.25, 0.3) is 0 Å². The second kappa shape index (κ2) is 4.43. The van der Waals surface area contributed by atoms with Gasteiger partial charge in [0.2, 0.25) is 0 Å². The van der Waals surface area contributed by atoms with E-state index in [1.54, 1.807) is 13.8 Å². The molecule has 2 atom stereocenters. The van der Waals surface area contributed by atoms with Crippen LogP contribution < -0.4 is 0 Å². The zero-order valence-electron chi connectivity index (χ0n) is 6.40. The Balaban J connectivity index is 3.99. The maximum Gasteiger partial charge on any atom is 0.469 e. The van der Waals surface area contributed by atoms with Crippen LogP contribution in [0.4, 0.5) is 0 Å². The maximum absolute atomic E-state index is 10.3. The lowest BCUT2D eigenvalue weighted by molar-refractivity contribution is 0.129. The van der Waals surface area contributed by atoms with Crippen molar-refractivity contribution in [1.29, 1.82) is 0 Å². The molecular weight excluding hydrogens is 190 g/mol. The predicted octanol–water partition coefficient (Wildman–Crippen LogP) is 1.50. The highest BCUT2D eigenvalue weighted by Crippen LogP contribution is 2.39. The standard InChI is InChI=1S/C5H12ClO4P/c1-3-5(4(2)6)10-11(7,8)9/h4-5H,3H2,1-2H3,(H2,7,8,9). The number of hydrogen-bond donors (Lipinski definition) is 2. The smallest absolute Gasteiger partial charge is 0.303 e. The largest absolute Gasteiger partial charge is 0.469 e. The summed E-state index contributed by atoms with van der Waals surface area (Å²) < 4.78 is 14.7. The SMILES string of the molecule is CCC(OP(=O)(O)O)C(C)Cl. The van der Waals surface area contributed by atoms with Crippen molar-refractivity contribution >= 4 is 19.4 Å². The van der Waals surface area contributed by atoms with Gasteiger partial charge in [-0.25, -0.2) is 4.57 Å². The first-order valence-electron chi connectivity index (χ1n) is 3.25. The zero-order valence-corrected chi connectivity index (χ0v) is 8.05. The Morgan fingerprint density at radius 3 is 2.18 bits per heavy atom. The maximum atomic E-state index is 10.3. The Morgan fingerprint density at radius 2 is 2.09 bits per heavy atom. The second-order valence-electron chi connectivity index (χ2n) is 2.22. The van der Waals surface area contributed by atoms with Gasteiger partial charge in [0.1, 0.15) is 0 Å². The van der Waals surface area contributed by atoms with Crippen LogP contribution >= 0.6 is 19.4 Å². The van der Waals surface area contributed by atoms with Gasteiger partial charge < -0.3 is 9.79 Å². The van der Waals surface area contributed by atoms with Crippen molar-refractivity contribution in [3.63, 3.8) is 0 Å². The molecule has 0 fully saturated rings. The van der Waals surface area contributed by atoms with Gasteiger partial charge in [-0.15, -0.1) is 11.6 Å². The van der Waals surface area contributed by atoms with Gasteiger partial charge in [0, 0.05) is 0 Å². The molecule has 0 aromatic carbocycles. The molecule has 0 aliphatic carbocycles. The molecule has 0 heterocycles. The first-order valence-corrected chi connectivity index (χ1v) is 5.21. The van der Waals surface area contributed by atoms with E-state index in [2.05, 4.69) is 4.52 Å². The van der Waals surface area contributed by atoms with Gasteiger partial charge in [-0.2, -0.15) is 0 Å². The first-order chi connectivity index (χ1) is 4.87. The number of halogens is 1. The van der Waals surface area contributed by atoms with E-state index in [1.807, 2.05) is 0 Å². The van der Waals surface area contributed by atoms with E-state index in [0.29, 0.717) is 6.42 Å². The average Bonchev–Trinajstić information content (AvgIpc) is 1.80. The summed E-state index contributed by atoms with van der Waals surface area (Å²) in [6.45, 7) is 3.38. The Hall–Kier alpha value is 0.400. The van der Waals surface area contributed by atoms with E-state index in [0.717, 1.165) is 0 Å². The fourth-order valence-corrected chi connectivity index (χ4v) is 1.65. The number of alkyl halides is 1. The third-order valence-corrected chi connectivity index (χ3v) is 2.01. The summed E-state index contributed by atoms with van der Waals surface area (Å²) in [6.07, 6.45) is -0.104. The van der Waals surface area contributed by atoms with Crippen LogP contribution in [0.3, 0.4) is 0 Å². The molecule has 0 aliphatic rings. The van der Waals surface area contributed by atoms with Crippen LogP contribution in [0.15, 0.2) is 0 Å². The molecule has 0 aliphatic heterocycles. The summed E-state index contributed by atoms with van der Waals surface area (Å²) in [5.41, 5.74) is 0. The van der Waals surface area contributed by atoms with E-state index >= 15 is 0 Å². The summed E-state index contributed by atoms with van der Waals surface area (Å²) in [7, 11) is -4.38. The van der Waals surface area contributed by atoms with E-state index in [1.165, 1.54) is 0 Å². The van der Waals surface area contributed by atoms with Gasteiger partial charge in [-0.1, -0.05) is 6.92 Å². The van der Waals surface area contributed by atoms with Crippen LogP contribution in [0, 0.1) is 0 Å². The van der Waals surface area contributed by atoms with Crippen LogP contribution in [0.25, 0.3) is 0 Å². The quantitative estimate of drug-likeness (QED) is 0.536. The fraction of sp³-hybridized carbons (Fsp3) is 1.00. The van der Waals surface area contributed by atoms with Crippen LogP contribution in [0.1, 0.15) is 20.3 Å². The van der Waals surface area contributed by atoms with Crippen molar-refractivity contribution in [2.75, 3.05) is 0 Å². The lowest BCUT2D eigenvalue weighted by Gasteiger charge is -2.17. The van der Waals surface area contributed by atoms with Crippen LogP contribution in [0.2, 0.25) is 0 Å². The average molecular weight is 203 g/mol. The minimum atomic E-state index is -4.38. The Kier molecular flexibility index (Phi) is 4.59. The van der Waals surface area contributed by atoms with E-state index in [4.69, 9.17) is 21.4 Å². The van der Waals surface area contributed by atoms with Crippen molar-refractivity contribution in [2.45, 2.75) is 31.7 Å². The zero-order chi connectivity index (χ0) is 9.07. The van der Waals surface area contributed by atoms with E-state index in [-0.39, 0.29) is 0 Å². The molecule has 6 heteroatoms. The molecule has 68 valence electrons.